The molecule has 0 bridgehead atoms. The fraction of sp³-hybridized carbons (Fsp3) is 0.235. The van der Waals surface area contributed by atoms with Crippen LogP contribution in [0.15, 0.2) is 84.9 Å². The third-order valence-electron chi connectivity index (χ3n) is 7.85. The summed E-state index contributed by atoms with van der Waals surface area (Å²) < 4.78 is 6.57. The van der Waals surface area contributed by atoms with Crippen LogP contribution in [0.3, 0.4) is 0 Å². The molecule has 4 aromatic carbocycles. The van der Waals surface area contributed by atoms with Gasteiger partial charge in [0.2, 0.25) is 0 Å². The first-order valence-corrected chi connectivity index (χ1v) is 14.2. The first-order valence-electron chi connectivity index (χ1n) is 14.2. The highest BCUT2D eigenvalue weighted by molar-refractivity contribution is 6.24. The number of para-hydroxylation sites is 2. The number of aromatic nitrogens is 1. The Kier molecular flexibility index (Phi) is 6.76. The summed E-state index contributed by atoms with van der Waals surface area (Å²) in [6.45, 7) is 12.1. The Bertz CT molecular complexity index is 1610. The molecule has 0 spiro atoms. The summed E-state index contributed by atoms with van der Waals surface area (Å²) in [5.41, 5.74) is 5.83. The van der Waals surface area contributed by atoms with Gasteiger partial charge in [0.15, 0.2) is 11.5 Å². The maximum Gasteiger partial charge on any atom is 0.264 e. The first-order chi connectivity index (χ1) is 19.6. The zero-order valence-corrected chi connectivity index (χ0v) is 23.5. The smallest absolute Gasteiger partial charge is 0.264 e. The SMILES string of the molecule is CCN(CC)c1ccc2c(c1)Oc1cc(N(CC)CC)ccc1N2C(=O)c1c2ccccc2nc2ccccc12. The number of ether oxygens (including phenoxy) is 1. The Morgan fingerprint density at radius 3 is 1.57 bits per heavy atom. The highest BCUT2D eigenvalue weighted by atomic mass is 16.5. The summed E-state index contributed by atoms with van der Waals surface area (Å²) in [7, 11) is 0. The summed E-state index contributed by atoms with van der Waals surface area (Å²) in [5, 5.41) is 1.67. The largest absolute Gasteiger partial charge is 0.453 e. The van der Waals surface area contributed by atoms with E-state index in [-0.39, 0.29) is 5.91 Å². The van der Waals surface area contributed by atoms with Gasteiger partial charge in [-0.2, -0.15) is 0 Å². The minimum absolute atomic E-state index is 0.105. The summed E-state index contributed by atoms with van der Waals surface area (Å²) in [6.07, 6.45) is 0. The topological polar surface area (TPSA) is 48.9 Å². The maximum atomic E-state index is 14.8. The van der Waals surface area contributed by atoms with Gasteiger partial charge in [-0.25, -0.2) is 4.98 Å². The van der Waals surface area contributed by atoms with Crippen molar-refractivity contribution in [2.24, 2.45) is 0 Å². The molecule has 6 heteroatoms. The van der Waals surface area contributed by atoms with Crippen LogP contribution >= 0.6 is 0 Å². The third-order valence-corrected chi connectivity index (χ3v) is 7.85. The number of rotatable bonds is 7. The molecule has 40 heavy (non-hydrogen) atoms. The van der Waals surface area contributed by atoms with Crippen LogP contribution in [-0.4, -0.2) is 37.1 Å². The van der Waals surface area contributed by atoms with Crippen molar-refractivity contribution in [2.75, 3.05) is 40.9 Å². The maximum absolute atomic E-state index is 14.8. The van der Waals surface area contributed by atoms with Crippen molar-refractivity contribution in [1.29, 1.82) is 0 Å². The van der Waals surface area contributed by atoms with E-state index in [1.54, 1.807) is 0 Å². The predicted octanol–water partition coefficient (Wildman–Crippen LogP) is 8.16. The highest BCUT2D eigenvalue weighted by Gasteiger charge is 2.33. The summed E-state index contributed by atoms with van der Waals surface area (Å²) in [5.74, 6) is 1.24. The molecule has 5 aromatic rings. The molecule has 0 N–H and O–H groups in total. The summed E-state index contributed by atoms with van der Waals surface area (Å²) in [6, 6.07) is 28.0. The van der Waals surface area contributed by atoms with Crippen molar-refractivity contribution >= 4 is 50.5 Å². The molecule has 6 nitrogen and oxygen atoms in total. The molecule has 1 amide bonds. The van der Waals surface area contributed by atoms with E-state index < -0.39 is 0 Å². The number of benzene rings is 4. The Labute approximate surface area is 235 Å². The van der Waals surface area contributed by atoms with Crippen molar-refractivity contribution < 1.29 is 9.53 Å². The lowest BCUT2D eigenvalue weighted by atomic mass is 10.00. The minimum atomic E-state index is -0.105. The van der Waals surface area contributed by atoms with Crippen molar-refractivity contribution in [1.82, 2.24) is 4.98 Å². The van der Waals surface area contributed by atoms with E-state index in [9.17, 15) is 4.79 Å². The van der Waals surface area contributed by atoms with Crippen LogP contribution in [0.25, 0.3) is 21.8 Å². The lowest BCUT2D eigenvalue weighted by Gasteiger charge is -2.34. The molecule has 0 radical (unpaired) electrons. The van der Waals surface area contributed by atoms with Gasteiger partial charge in [0.25, 0.3) is 5.91 Å². The van der Waals surface area contributed by atoms with Gasteiger partial charge in [-0.3, -0.25) is 9.69 Å². The number of hydrogen-bond donors (Lipinski definition) is 0. The molecule has 0 aliphatic carbocycles. The van der Waals surface area contributed by atoms with Crippen LogP contribution in [0.4, 0.5) is 22.7 Å². The average molecular weight is 531 g/mol. The predicted molar refractivity (Wildman–Crippen MR) is 166 cm³/mol. The van der Waals surface area contributed by atoms with Gasteiger partial charge in [0.1, 0.15) is 0 Å². The Balaban J connectivity index is 1.59. The van der Waals surface area contributed by atoms with Crippen LogP contribution in [0.1, 0.15) is 38.1 Å². The van der Waals surface area contributed by atoms with Gasteiger partial charge in [-0.05, 0) is 64.1 Å². The molecular weight excluding hydrogens is 496 g/mol. The molecule has 0 saturated heterocycles. The number of hydrogen-bond acceptors (Lipinski definition) is 5. The monoisotopic (exact) mass is 530 g/mol. The number of carbonyl (C=O) groups is 1. The number of pyridine rings is 1. The van der Waals surface area contributed by atoms with E-state index in [4.69, 9.17) is 9.72 Å². The van der Waals surface area contributed by atoms with E-state index in [0.29, 0.717) is 17.1 Å². The molecule has 1 aromatic heterocycles. The van der Waals surface area contributed by atoms with E-state index in [1.807, 2.05) is 65.6 Å². The van der Waals surface area contributed by atoms with Crippen LogP contribution in [0.2, 0.25) is 0 Å². The number of anilines is 4. The molecule has 6 rings (SSSR count). The van der Waals surface area contributed by atoms with Crippen molar-refractivity contribution in [3.63, 3.8) is 0 Å². The van der Waals surface area contributed by atoms with E-state index >= 15 is 0 Å². The van der Waals surface area contributed by atoms with Gasteiger partial charge in [-0.1, -0.05) is 36.4 Å². The van der Waals surface area contributed by atoms with Crippen LogP contribution in [0, 0.1) is 0 Å². The zero-order valence-electron chi connectivity index (χ0n) is 23.5. The summed E-state index contributed by atoms with van der Waals surface area (Å²) >= 11 is 0. The van der Waals surface area contributed by atoms with E-state index in [2.05, 4.69) is 61.8 Å². The van der Waals surface area contributed by atoms with Crippen molar-refractivity contribution in [3.05, 3.63) is 90.5 Å². The Morgan fingerprint density at radius 1 is 0.675 bits per heavy atom. The number of nitrogens with zero attached hydrogens (tertiary/aromatic N) is 4. The minimum Gasteiger partial charge on any atom is -0.453 e. The van der Waals surface area contributed by atoms with E-state index in [1.165, 1.54) is 0 Å². The average Bonchev–Trinajstić information content (AvgIpc) is 2.99. The lowest BCUT2D eigenvalue weighted by molar-refractivity contribution is 0.1000. The third kappa shape index (κ3) is 4.20. The first kappa shape index (κ1) is 25.7. The standard InChI is InChI=1S/C34H34N4O2/c1-5-36(6-2)23-17-19-29-31(21-23)40-32-22-24(37(7-3)8-4)18-20-30(32)38(29)34(39)33-25-13-9-11-15-27(25)35-28-16-12-10-14-26(28)33/h9-22H,5-8H2,1-4H3. The van der Waals surface area contributed by atoms with Gasteiger partial charge >= 0.3 is 0 Å². The van der Waals surface area contributed by atoms with Crippen LogP contribution in [-0.2, 0) is 0 Å². The second-order valence-corrected chi connectivity index (χ2v) is 9.91. The van der Waals surface area contributed by atoms with Gasteiger partial charge in [0, 0.05) is 60.5 Å². The van der Waals surface area contributed by atoms with Gasteiger partial charge in [-0.15, -0.1) is 0 Å². The quantitative estimate of drug-likeness (QED) is 0.199. The normalized spacial score (nSPS) is 12.2. The molecular formula is C34H34N4O2. The second-order valence-electron chi connectivity index (χ2n) is 9.91. The van der Waals surface area contributed by atoms with Gasteiger partial charge < -0.3 is 14.5 Å². The number of fused-ring (bicyclic) bond motifs is 4. The van der Waals surface area contributed by atoms with E-state index in [0.717, 1.165) is 70.7 Å². The Morgan fingerprint density at radius 2 is 1.12 bits per heavy atom. The zero-order chi connectivity index (χ0) is 27.8. The second kappa shape index (κ2) is 10.5. The molecule has 1 aliphatic heterocycles. The fourth-order valence-electron chi connectivity index (χ4n) is 5.76. The van der Waals surface area contributed by atoms with Gasteiger partial charge in [0.05, 0.1) is 28.0 Å². The molecule has 1 aliphatic rings. The molecule has 0 atom stereocenters. The number of amides is 1. The van der Waals surface area contributed by atoms with Crippen molar-refractivity contribution in [3.8, 4) is 11.5 Å². The lowest BCUT2D eigenvalue weighted by Crippen LogP contribution is -2.30. The summed E-state index contributed by atoms with van der Waals surface area (Å²) in [4.78, 5) is 26.1. The molecule has 2 heterocycles. The highest BCUT2D eigenvalue weighted by Crippen LogP contribution is 2.50. The fourth-order valence-corrected chi connectivity index (χ4v) is 5.76. The van der Waals surface area contributed by atoms with Crippen molar-refractivity contribution in [2.45, 2.75) is 27.7 Å². The molecule has 0 unspecified atom stereocenters. The molecule has 0 fully saturated rings. The molecule has 202 valence electrons. The van der Waals surface area contributed by atoms with Crippen LogP contribution < -0.4 is 19.4 Å². The van der Waals surface area contributed by atoms with Crippen LogP contribution in [0.5, 0.6) is 11.5 Å². The molecule has 0 saturated carbocycles. The number of carbonyl (C=O) groups excluding carboxylic acids is 1. The Hall–Kier alpha value is -4.58.